The zero-order valence-electron chi connectivity index (χ0n) is 17.3. The first kappa shape index (κ1) is 20.6. The summed E-state index contributed by atoms with van der Waals surface area (Å²) >= 11 is 5.95. The Morgan fingerprint density at radius 1 is 1.10 bits per heavy atom. The molecule has 158 valence electrons. The van der Waals surface area contributed by atoms with Crippen LogP contribution in [0.3, 0.4) is 0 Å². The standard InChI is InChI=1S/C22H30ClN3O3/c1-24-10-9-22(20(24)28)16-25(13-14-29-2)15-21(22)7-11-26(12-8-21)19(27)17-3-5-18(23)6-4-17/h3-6H,7-16H2,1-2H3/t22-/m1/s1. The zero-order valence-corrected chi connectivity index (χ0v) is 18.1. The van der Waals surface area contributed by atoms with Crippen LogP contribution in [0.15, 0.2) is 24.3 Å². The maximum absolute atomic E-state index is 13.3. The third kappa shape index (κ3) is 3.45. The van der Waals surface area contributed by atoms with E-state index in [1.54, 1.807) is 31.4 Å². The van der Waals surface area contributed by atoms with Crippen molar-refractivity contribution in [2.24, 2.45) is 10.8 Å². The fourth-order valence-corrected chi connectivity index (χ4v) is 5.81. The number of benzene rings is 1. The highest BCUT2D eigenvalue weighted by Gasteiger charge is 2.64. The Labute approximate surface area is 177 Å². The molecule has 29 heavy (non-hydrogen) atoms. The largest absolute Gasteiger partial charge is 0.383 e. The van der Waals surface area contributed by atoms with Crippen LogP contribution >= 0.6 is 11.6 Å². The van der Waals surface area contributed by atoms with Gasteiger partial charge in [0.05, 0.1) is 12.0 Å². The van der Waals surface area contributed by atoms with Gasteiger partial charge in [0.15, 0.2) is 0 Å². The lowest BCUT2D eigenvalue weighted by Gasteiger charge is -2.47. The molecule has 0 radical (unpaired) electrons. The Balaban J connectivity index is 1.52. The van der Waals surface area contributed by atoms with E-state index in [2.05, 4.69) is 4.90 Å². The second-order valence-corrected chi connectivity index (χ2v) is 9.28. The maximum atomic E-state index is 13.3. The lowest BCUT2D eigenvalue weighted by Crippen LogP contribution is -2.53. The van der Waals surface area contributed by atoms with Crippen LogP contribution in [0.2, 0.25) is 5.02 Å². The number of piperidine rings is 1. The number of carbonyl (C=O) groups is 2. The molecule has 2 amide bonds. The topological polar surface area (TPSA) is 53.1 Å². The van der Waals surface area contributed by atoms with E-state index in [9.17, 15) is 9.59 Å². The summed E-state index contributed by atoms with van der Waals surface area (Å²) in [6.07, 6.45) is 2.65. The molecule has 0 aromatic heterocycles. The van der Waals surface area contributed by atoms with E-state index in [0.29, 0.717) is 30.3 Å². The molecule has 2 spiro atoms. The molecule has 6 nitrogen and oxygen atoms in total. The number of methoxy groups -OCH3 is 1. The van der Waals surface area contributed by atoms with Crippen LogP contribution in [-0.2, 0) is 9.53 Å². The Kier molecular flexibility index (Phi) is 5.62. The van der Waals surface area contributed by atoms with Crippen LogP contribution in [-0.4, -0.2) is 86.5 Å². The zero-order chi connectivity index (χ0) is 20.6. The second kappa shape index (κ2) is 7.89. The maximum Gasteiger partial charge on any atom is 0.253 e. The molecule has 3 aliphatic heterocycles. The third-order valence-electron chi connectivity index (χ3n) is 7.38. The van der Waals surface area contributed by atoms with Crippen molar-refractivity contribution < 1.29 is 14.3 Å². The van der Waals surface area contributed by atoms with Gasteiger partial charge in [0.2, 0.25) is 5.91 Å². The Bertz CT molecular complexity index is 776. The number of rotatable bonds is 4. The number of likely N-dealkylation sites (tertiary alicyclic amines) is 3. The number of hydrogen-bond donors (Lipinski definition) is 0. The molecule has 0 N–H and O–H groups in total. The SMILES string of the molecule is COCCN1CC2(CCN(C(=O)c3ccc(Cl)cc3)CC2)[C@]2(CCN(C)C2=O)C1. The van der Waals surface area contributed by atoms with Gasteiger partial charge in [-0.25, -0.2) is 0 Å². The van der Waals surface area contributed by atoms with Crippen LogP contribution in [0, 0.1) is 10.8 Å². The Hall–Kier alpha value is -1.63. The van der Waals surface area contributed by atoms with Gasteiger partial charge in [-0.1, -0.05) is 11.6 Å². The number of fused-ring (bicyclic) bond motifs is 1. The fraction of sp³-hybridized carbons (Fsp3) is 0.636. The van der Waals surface area contributed by atoms with Gasteiger partial charge in [0, 0.05) is 69.4 Å². The molecule has 0 aliphatic carbocycles. The van der Waals surface area contributed by atoms with Crippen LogP contribution in [0.5, 0.6) is 0 Å². The van der Waals surface area contributed by atoms with Crippen molar-refractivity contribution in [3.8, 4) is 0 Å². The summed E-state index contributed by atoms with van der Waals surface area (Å²) in [5.41, 5.74) is 0.300. The first-order valence-corrected chi connectivity index (χ1v) is 10.8. The molecule has 1 aromatic carbocycles. The van der Waals surface area contributed by atoms with Gasteiger partial charge in [0.25, 0.3) is 5.91 Å². The Morgan fingerprint density at radius 2 is 1.79 bits per heavy atom. The molecule has 3 saturated heterocycles. The predicted octanol–water partition coefficient (Wildman–Crippen LogP) is 2.37. The van der Waals surface area contributed by atoms with Crippen LogP contribution < -0.4 is 0 Å². The van der Waals surface area contributed by atoms with Crippen molar-refractivity contribution in [3.05, 3.63) is 34.9 Å². The quantitative estimate of drug-likeness (QED) is 0.751. The fourth-order valence-electron chi connectivity index (χ4n) is 5.68. The number of nitrogens with zero attached hydrogens (tertiary/aromatic N) is 3. The minimum Gasteiger partial charge on any atom is -0.383 e. The second-order valence-electron chi connectivity index (χ2n) is 8.84. The van der Waals surface area contributed by atoms with Crippen molar-refractivity contribution in [1.29, 1.82) is 0 Å². The number of hydrogen-bond acceptors (Lipinski definition) is 4. The first-order valence-electron chi connectivity index (χ1n) is 10.4. The van der Waals surface area contributed by atoms with Crippen molar-refractivity contribution in [3.63, 3.8) is 0 Å². The predicted molar refractivity (Wildman–Crippen MR) is 112 cm³/mol. The molecule has 7 heteroatoms. The van der Waals surface area contributed by atoms with E-state index in [0.717, 1.165) is 45.4 Å². The van der Waals surface area contributed by atoms with Gasteiger partial charge in [-0.15, -0.1) is 0 Å². The molecule has 0 unspecified atom stereocenters. The van der Waals surface area contributed by atoms with Gasteiger partial charge < -0.3 is 14.5 Å². The molecule has 1 atom stereocenters. The van der Waals surface area contributed by atoms with E-state index in [1.807, 2.05) is 16.8 Å². The molecular weight excluding hydrogens is 390 g/mol. The van der Waals surface area contributed by atoms with E-state index in [1.165, 1.54) is 0 Å². The molecule has 3 fully saturated rings. The van der Waals surface area contributed by atoms with Crippen molar-refractivity contribution >= 4 is 23.4 Å². The number of carbonyl (C=O) groups excluding carboxylic acids is 2. The molecule has 0 saturated carbocycles. The van der Waals surface area contributed by atoms with Crippen molar-refractivity contribution in [1.82, 2.24) is 14.7 Å². The lowest BCUT2D eigenvalue weighted by molar-refractivity contribution is -0.141. The number of halogens is 1. The summed E-state index contributed by atoms with van der Waals surface area (Å²) in [5.74, 6) is 0.338. The molecule has 0 bridgehead atoms. The summed E-state index contributed by atoms with van der Waals surface area (Å²) in [4.78, 5) is 32.4. The summed E-state index contributed by atoms with van der Waals surface area (Å²) in [7, 11) is 3.64. The monoisotopic (exact) mass is 419 g/mol. The van der Waals surface area contributed by atoms with Gasteiger partial charge in [0.1, 0.15) is 0 Å². The van der Waals surface area contributed by atoms with Gasteiger partial charge in [-0.3, -0.25) is 14.5 Å². The van der Waals surface area contributed by atoms with Crippen LogP contribution in [0.4, 0.5) is 0 Å². The molecule has 1 aromatic rings. The summed E-state index contributed by atoms with van der Waals surface area (Å²) < 4.78 is 5.29. The van der Waals surface area contributed by atoms with Crippen molar-refractivity contribution in [2.45, 2.75) is 19.3 Å². The summed E-state index contributed by atoms with van der Waals surface area (Å²) in [5, 5.41) is 0.632. The third-order valence-corrected chi connectivity index (χ3v) is 7.63. The van der Waals surface area contributed by atoms with Gasteiger partial charge in [-0.05, 0) is 43.5 Å². The number of amides is 2. The first-order chi connectivity index (χ1) is 13.9. The van der Waals surface area contributed by atoms with Gasteiger partial charge in [-0.2, -0.15) is 0 Å². The smallest absolute Gasteiger partial charge is 0.253 e. The minimum absolute atomic E-state index is 0.0506. The molecule has 3 heterocycles. The van der Waals surface area contributed by atoms with E-state index < -0.39 is 0 Å². The lowest BCUT2D eigenvalue weighted by atomic mass is 9.60. The average molecular weight is 420 g/mol. The van der Waals surface area contributed by atoms with E-state index in [4.69, 9.17) is 16.3 Å². The highest BCUT2D eigenvalue weighted by Crippen LogP contribution is 2.57. The summed E-state index contributed by atoms with van der Waals surface area (Å²) in [6, 6.07) is 7.09. The average Bonchev–Trinajstić information content (AvgIpc) is 3.19. The van der Waals surface area contributed by atoms with Crippen molar-refractivity contribution in [2.75, 3.05) is 60.0 Å². The molecular formula is C22H30ClN3O3. The Morgan fingerprint density at radius 3 is 2.38 bits per heavy atom. The van der Waals surface area contributed by atoms with Crippen LogP contribution in [0.1, 0.15) is 29.6 Å². The summed E-state index contributed by atoms with van der Waals surface area (Å²) in [6.45, 7) is 5.47. The molecule has 3 aliphatic rings. The van der Waals surface area contributed by atoms with E-state index in [-0.39, 0.29) is 22.6 Å². The highest BCUT2D eigenvalue weighted by molar-refractivity contribution is 6.30. The number of ether oxygens (including phenoxy) is 1. The van der Waals surface area contributed by atoms with Gasteiger partial charge >= 0.3 is 0 Å². The molecule has 4 rings (SSSR count). The minimum atomic E-state index is -0.315. The highest BCUT2D eigenvalue weighted by atomic mass is 35.5. The van der Waals surface area contributed by atoms with Crippen LogP contribution in [0.25, 0.3) is 0 Å². The normalized spacial score (nSPS) is 26.8. The van der Waals surface area contributed by atoms with E-state index >= 15 is 0 Å².